The molecule has 0 spiro atoms. The molecule has 0 saturated heterocycles. The Labute approximate surface area is 148 Å². The van der Waals surface area contributed by atoms with E-state index < -0.39 is 6.04 Å². The van der Waals surface area contributed by atoms with Gasteiger partial charge in [-0.1, -0.05) is 30.3 Å². The van der Waals surface area contributed by atoms with Crippen molar-refractivity contribution in [2.45, 2.75) is 12.5 Å². The number of nitrogens with zero attached hydrogens (tertiary/aromatic N) is 2. The first-order valence-electron chi connectivity index (χ1n) is 8.43. The average molecular weight is 347 g/mol. The van der Waals surface area contributed by atoms with Crippen LogP contribution in [-0.4, -0.2) is 24.3 Å². The smallest absolute Gasteiger partial charge is 0.331 e. The fourth-order valence-corrected chi connectivity index (χ4v) is 4.05. The maximum absolute atomic E-state index is 12.8. The van der Waals surface area contributed by atoms with Gasteiger partial charge in [0.2, 0.25) is 5.88 Å². The molecule has 5 rings (SSSR count). The van der Waals surface area contributed by atoms with Crippen molar-refractivity contribution in [1.29, 1.82) is 0 Å². The summed E-state index contributed by atoms with van der Waals surface area (Å²) < 4.78 is 2.88. The summed E-state index contributed by atoms with van der Waals surface area (Å²) in [6.07, 6.45) is 0.469. The number of aromatic amines is 1. The number of benzene rings is 2. The van der Waals surface area contributed by atoms with Crippen LogP contribution in [0, 0.1) is 0 Å². The third kappa shape index (κ3) is 1.84. The van der Waals surface area contributed by atoms with E-state index in [1.165, 1.54) is 4.57 Å². The van der Waals surface area contributed by atoms with Crippen molar-refractivity contribution >= 4 is 10.9 Å². The number of hydrogen-bond acceptors (Lipinski definition) is 3. The van der Waals surface area contributed by atoms with Crippen molar-refractivity contribution in [1.82, 2.24) is 14.1 Å². The van der Waals surface area contributed by atoms with Gasteiger partial charge < -0.3 is 15.2 Å². The first-order valence-corrected chi connectivity index (χ1v) is 8.43. The number of hydrogen-bond donors (Lipinski definition) is 3. The van der Waals surface area contributed by atoms with Crippen molar-refractivity contribution in [2.75, 3.05) is 0 Å². The van der Waals surface area contributed by atoms with E-state index in [2.05, 4.69) is 4.98 Å². The van der Waals surface area contributed by atoms with Crippen LogP contribution in [0.2, 0.25) is 0 Å². The van der Waals surface area contributed by atoms with E-state index in [0.29, 0.717) is 12.1 Å². The maximum Gasteiger partial charge on any atom is 0.331 e. The normalized spacial score (nSPS) is 15.8. The minimum absolute atomic E-state index is 0.0175. The third-order valence-corrected chi connectivity index (χ3v) is 5.27. The number of phenols is 1. The van der Waals surface area contributed by atoms with Gasteiger partial charge in [0.25, 0.3) is 0 Å². The van der Waals surface area contributed by atoms with Gasteiger partial charge >= 0.3 is 5.69 Å². The number of H-pyrrole nitrogens is 1. The Morgan fingerprint density at radius 3 is 2.73 bits per heavy atom. The Morgan fingerprint density at radius 1 is 1.12 bits per heavy atom. The van der Waals surface area contributed by atoms with E-state index in [1.54, 1.807) is 29.8 Å². The van der Waals surface area contributed by atoms with E-state index in [-0.39, 0.29) is 17.3 Å². The van der Waals surface area contributed by atoms with Crippen molar-refractivity contribution in [2.24, 2.45) is 7.05 Å². The molecule has 2 aromatic heterocycles. The van der Waals surface area contributed by atoms with Crippen LogP contribution in [0.3, 0.4) is 0 Å². The van der Waals surface area contributed by atoms with Gasteiger partial charge in [-0.2, -0.15) is 0 Å². The van der Waals surface area contributed by atoms with Crippen molar-refractivity contribution in [3.8, 4) is 11.6 Å². The van der Waals surface area contributed by atoms with Gasteiger partial charge in [-0.15, -0.1) is 0 Å². The van der Waals surface area contributed by atoms with Crippen molar-refractivity contribution < 1.29 is 10.2 Å². The zero-order chi connectivity index (χ0) is 18.0. The third-order valence-electron chi connectivity index (χ3n) is 5.27. The summed E-state index contributed by atoms with van der Waals surface area (Å²) in [4.78, 5) is 16.3. The van der Waals surface area contributed by atoms with Gasteiger partial charge in [0.1, 0.15) is 11.8 Å². The molecule has 4 aromatic rings. The summed E-state index contributed by atoms with van der Waals surface area (Å²) in [6, 6.07) is 14.4. The van der Waals surface area contributed by atoms with Gasteiger partial charge in [-0.25, -0.2) is 4.79 Å². The lowest BCUT2D eigenvalue weighted by Gasteiger charge is -2.26. The Balaban J connectivity index is 1.89. The second-order valence-electron chi connectivity index (χ2n) is 6.72. The minimum atomic E-state index is -0.437. The lowest BCUT2D eigenvalue weighted by molar-refractivity contribution is 0.423. The van der Waals surface area contributed by atoms with E-state index in [0.717, 1.165) is 27.7 Å². The number of nitrogens with one attached hydrogen (secondary N) is 1. The number of aromatic nitrogens is 3. The molecule has 0 aliphatic carbocycles. The number of fused-ring (bicyclic) bond motifs is 4. The summed E-state index contributed by atoms with van der Waals surface area (Å²) in [6.45, 7) is 0. The summed E-state index contributed by atoms with van der Waals surface area (Å²) in [5.74, 6) is 0.122. The van der Waals surface area contributed by atoms with Crippen LogP contribution in [0.5, 0.6) is 11.6 Å². The SMILES string of the molecule is Cn1c(O)c2n(c1=O)[C@@H](c1cccc(O)c1)c1[nH]c3ccccc3c1C2. The number of imidazole rings is 1. The fraction of sp³-hybridized carbons (Fsp3) is 0.150. The number of phenolic OH excluding ortho intramolecular Hbond substituents is 1. The van der Waals surface area contributed by atoms with Crippen LogP contribution in [0.1, 0.15) is 28.6 Å². The van der Waals surface area contributed by atoms with Crippen LogP contribution in [0.4, 0.5) is 0 Å². The predicted molar refractivity (Wildman–Crippen MR) is 97.8 cm³/mol. The molecule has 0 radical (unpaired) electrons. The highest BCUT2D eigenvalue weighted by Gasteiger charge is 2.34. The molecule has 1 atom stereocenters. The van der Waals surface area contributed by atoms with Crippen LogP contribution in [0.25, 0.3) is 10.9 Å². The molecular weight excluding hydrogens is 330 g/mol. The molecule has 3 N–H and O–H groups in total. The quantitative estimate of drug-likeness (QED) is 0.436. The summed E-state index contributed by atoms with van der Waals surface area (Å²) in [5.41, 5.74) is 4.06. The Hall–Kier alpha value is -3.41. The zero-order valence-electron chi connectivity index (χ0n) is 14.1. The highest BCUT2D eigenvalue weighted by molar-refractivity contribution is 5.86. The molecule has 1 aliphatic heterocycles. The van der Waals surface area contributed by atoms with Gasteiger partial charge in [0, 0.05) is 30.1 Å². The van der Waals surface area contributed by atoms with Crippen LogP contribution in [0.15, 0.2) is 53.3 Å². The number of para-hydroxylation sites is 1. The van der Waals surface area contributed by atoms with E-state index in [1.807, 2.05) is 30.3 Å². The molecule has 0 fully saturated rings. The zero-order valence-corrected chi connectivity index (χ0v) is 14.1. The monoisotopic (exact) mass is 347 g/mol. The van der Waals surface area contributed by atoms with Crippen LogP contribution >= 0.6 is 0 Å². The highest BCUT2D eigenvalue weighted by atomic mass is 16.3. The van der Waals surface area contributed by atoms with Crippen LogP contribution in [-0.2, 0) is 13.5 Å². The van der Waals surface area contributed by atoms with E-state index in [9.17, 15) is 15.0 Å². The van der Waals surface area contributed by atoms with Crippen molar-refractivity contribution in [3.05, 3.63) is 81.5 Å². The average Bonchev–Trinajstić information content (AvgIpc) is 3.12. The molecule has 26 heavy (non-hydrogen) atoms. The second-order valence-corrected chi connectivity index (χ2v) is 6.72. The molecule has 0 amide bonds. The molecule has 3 heterocycles. The topological polar surface area (TPSA) is 83.2 Å². The molecule has 0 saturated carbocycles. The number of aromatic hydroxyl groups is 2. The molecule has 0 unspecified atom stereocenters. The summed E-state index contributed by atoms with van der Waals surface area (Å²) >= 11 is 0. The van der Waals surface area contributed by atoms with E-state index in [4.69, 9.17) is 0 Å². The Bertz CT molecular complexity index is 1230. The van der Waals surface area contributed by atoms with Gasteiger partial charge in [0.15, 0.2) is 0 Å². The van der Waals surface area contributed by atoms with Crippen molar-refractivity contribution in [3.63, 3.8) is 0 Å². The highest BCUT2D eigenvalue weighted by Crippen LogP contribution is 2.40. The standard InChI is InChI=1S/C20H17N3O3/c1-22-19(25)16-10-14-13-7-2-3-8-15(13)21-17(14)18(23(16)20(22)26)11-5-4-6-12(24)9-11/h2-9,18,21,24-25H,10H2,1H3/t18-/m0/s1. The molecule has 0 bridgehead atoms. The van der Waals surface area contributed by atoms with Gasteiger partial charge in [-0.3, -0.25) is 9.13 Å². The predicted octanol–water partition coefficient (Wildman–Crippen LogP) is 2.62. The summed E-state index contributed by atoms with van der Waals surface area (Å²) in [7, 11) is 1.56. The molecule has 130 valence electrons. The lowest BCUT2D eigenvalue weighted by Crippen LogP contribution is -2.31. The summed E-state index contributed by atoms with van der Waals surface area (Å²) in [5, 5.41) is 21.5. The Kier molecular flexibility index (Phi) is 2.89. The largest absolute Gasteiger partial charge is 0.508 e. The Morgan fingerprint density at radius 2 is 1.92 bits per heavy atom. The fourth-order valence-electron chi connectivity index (χ4n) is 4.05. The van der Waals surface area contributed by atoms with Gasteiger partial charge in [-0.05, 0) is 29.3 Å². The molecule has 6 heteroatoms. The first kappa shape index (κ1) is 14.9. The van der Waals surface area contributed by atoms with Crippen LogP contribution < -0.4 is 5.69 Å². The van der Waals surface area contributed by atoms with Gasteiger partial charge in [0.05, 0.1) is 5.69 Å². The first-order chi connectivity index (χ1) is 12.6. The molecule has 2 aromatic carbocycles. The minimum Gasteiger partial charge on any atom is -0.508 e. The molecule has 1 aliphatic rings. The maximum atomic E-state index is 12.8. The molecule has 6 nitrogen and oxygen atoms in total. The van der Waals surface area contributed by atoms with E-state index >= 15 is 0 Å². The molecular formula is C20H17N3O3. The second kappa shape index (κ2) is 5.05. The number of rotatable bonds is 1. The lowest BCUT2D eigenvalue weighted by atomic mass is 9.93.